The number of amides is 1. The van der Waals surface area contributed by atoms with Crippen LogP contribution in [0.25, 0.3) is 0 Å². The molecule has 2 rings (SSSR count). The van der Waals surface area contributed by atoms with Crippen LogP contribution in [0.2, 0.25) is 0 Å². The third-order valence-corrected chi connectivity index (χ3v) is 4.13. The molecule has 19 heavy (non-hydrogen) atoms. The maximum atomic E-state index is 12.0. The molecule has 1 aromatic heterocycles. The smallest absolute Gasteiger partial charge is 0.410 e. The van der Waals surface area contributed by atoms with E-state index in [1.165, 1.54) is 11.3 Å². The van der Waals surface area contributed by atoms with E-state index in [0.717, 1.165) is 9.61 Å². The monoisotopic (exact) mass is 348 g/mol. The van der Waals surface area contributed by atoms with Crippen LogP contribution in [0.3, 0.4) is 0 Å². The van der Waals surface area contributed by atoms with Crippen LogP contribution in [0, 0.1) is 0 Å². The van der Waals surface area contributed by atoms with E-state index in [4.69, 9.17) is 9.47 Å². The normalized spacial score (nSPS) is 20.4. The van der Waals surface area contributed by atoms with Gasteiger partial charge in [-0.25, -0.2) is 9.78 Å². The van der Waals surface area contributed by atoms with E-state index >= 15 is 0 Å². The van der Waals surface area contributed by atoms with Crippen LogP contribution < -0.4 is 0 Å². The molecule has 0 saturated carbocycles. The minimum Gasteiger partial charge on any atom is -0.444 e. The second kappa shape index (κ2) is 5.76. The van der Waals surface area contributed by atoms with Crippen LogP contribution in [0.15, 0.2) is 9.98 Å². The van der Waals surface area contributed by atoms with Crippen LogP contribution in [0.4, 0.5) is 4.79 Å². The molecule has 0 radical (unpaired) electrons. The van der Waals surface area contributed by atoms with E-state index in [9.17, 15) is 4.79 Å². The van der Waals surface area contributed by atoms with Gasteiger partial charge in [-0.05, 0) is 36.7 Å². The van der Waals surface area contributed by atoms with Gasteiger partial charge in [-0.15, -0.1) is 11.3 Å². The molecular formula is C12H17BrN2O3S. The summed E-state index contributed by atoms with van der Waals surface area (Å²) in [5.41, 5.74) is -0.477. The molecule has 1 atom stereocenters. The summed E-state index contributed by atoms with van der Waals surface area (Å²) < 4.78 is 11.8. The minimum absolute atomic E-state index is 0.169. The molecule has 1 fully saturated rings. The molecule has 1 saturated heterocycles. The first-order chi connectivity index (χ1) is 8.85. The van der Waals surface area contributed by atoms with Crippen LogP contribution in [-0.2, 0) is 9.47 Å². The molecule has 106 valence electrons. The topological polar surface area (TPSA) is 51.7 Å². The van der Waals surface area contributed by atoms with Crippen molar-refractivity contribution in [2.45, 2.75) is 32.5 Å². The number of hydrogen-bond donors (Lipinski definition) is 0. The predicted molar refractivity (Wildman–Crippen MR) is 76.3 cm³/mol. The Hall–Kier alpha value is -0.660. The first-order valence-electron chi connectivity index (χ1n) is 6.05. The zero-order valence-corrected chi connectivity index (χ0v) is 13.6. The van der Waals surface area contributed by atoms with Crippen molar-refractivity contribution in [3.05, 3.63) is 15.0 Å². The Kier molecular flexibility index (Phi) is 4.47. The highest BCUT2D eigenvalue weighted by Crippen LogP contribution is 2.27. The van der Waals surface area contributed by atoms with Crippen molar-refractivity contribution < 1.29 is 14.3 Å². The Morgan fingerprint density at radius 2 is 2.37 bits per heavy atom. The van der Waals surface area contributed by atoms with Gasteiger partial charge in [-0.2, -0.15) is 0 Å². The molecule has 1 unspecified atom stereocenters. The second-order valence-electron chi connectivity index (χ2n) is 5.29. The Bertz CT molecular complexity index is 458. The number of thiazole rings is 1. The summed E-state index contributed by atoms with van der Waals surface area (Å²) in [6.07, 6.45) is -0.464. The van der Waals surface area contributed by atoms with Crippen LogP contribution >= 0.6 is 27.3 Å². The van der Waals surface area contributed by atoms with Gasteiger partial charge >= 0.3 is 6.09 Å². The zero-order valence-electron chi connectivity index (χ0n) is 11.2. The molecule has 7 heteroatoms. The van der Waals surface area contributed by atoms with Crippen LogP contribution in [-0.4, -0.2) is 41.3 Å². The van der Waals surface area contributed by atoms with Crippen molar-refractivity contribution in [3.8, 4) is 0 Å². The molecule has 0 spiro atoms. The second-order valence-corrected chi connectivity index (χ2v) is 7.00. The van der Waals surface area contributed by atoms with Gasteiger partial charge in [-0.3, -0.25) is 0 Å². The van der Waals surface area contributed by atoms with Gasteiger partial charge in [0.1, 0.15) is 21.3 Å². The van der Waals surface area contributed by atoms with Gasteiger partial charge in [0, 0.05) is 11.9 Å². The summed E-state index contributed by atoms with van der Waals surface area (Å²) in [6.45, 7) is 7.12. The van der Waals surface area contributed by atoms with E-state index in [1.807, 2.05) is 26.2 Å². The largest absolute Gasteiger partial charge is 0.444 e. The zero-order chi connectivity index (χ0) is 14.0. The first-order valence-corrected chi connectivity index (χ1v) is 7.73. The average Bonchev–Trinajstić information content (AvgIpc) is 2.74. The highest BCUT2D eigenvalue weighted by atomic mass is 79.9. The SMILES string of the molecule is CC(C)(C)OC(=O)N1CCOC(c2nc(Br)cs2)C1. The van der Waals surface area contributed by atoms with Crippen LogP contribution in [0.1, 0.15) is 31.9 Å². The van der Waals surface area contributed by atoms with Crippen molar-refractivity contribution in [2.24, 2.45) is 0 Å². The third-order valence-electron chi connectivity index (χ3n) is 2.49. The summed E-state index contributed by atoms with van der Waals surface area (Å²) in [4.78, 5) is 18.0. The fourth-order valence-corrected chi connectivity index (χ4v) is 3.01. The molecule has 0 aromatic carbocycles. The summed E-state index contributed by atoms with van der Waals surface area (Å²) in [6, 6.07) is 0. The highest BCUT2D eigenvalue weighted by molar-refractivity contribution is 9.10. The fourth-order valence-electron chi connectivity index (χ4n) is 1.71. The van der Waals surface area contributed by atoms with Gasteiger partial charge < -0.3 is 14.4 Å². The molecule has 2 heterocycles. The number of aromatic nitrogens is 1. The summed E-state index contributed by atoms with van der Waals surface area (Å²) in [5.74, 6) is 0. The van der Waals surface area contributed by atoms with E-state index in [1.54, 1.807) is 4.90 Å². The predicted octanol–water partition coefficient (Wildman–Crippen LogP) is 3.21. The highest BCUT2D eigenvalue weighted by Gasteiger charge is 2.30. The lowest BCUT2D eigenvalue weighted by atomic mass is 10.2. The summed E-state index contributed by atoms with van der Waals surface area (Å²) >= 11 is 4.84. The molecule has 1 aliphatic rings. The molecule has 1 aromatic rings. The van der Waals surface area contributed by atoms with Crippen molar-refractivity contribution >= 4 is 33.4 Å². The minimum atomic E-state index is -0.477. The Balaban J connectivity index is 1.99. The van der Waals surface area contributed by atoms with Crippen LogP contribution in [0.5, 0.6) is 0 Å². The number of morpholine rings is 1. The van der Waals surface area contributed by atoms with Gasteiger partial charge in [-0.1, -0.05) is 0 Å². The molecule has 0 bridgehead atoms. The molecular weight excluding hydrogens is 332 g/mol. The maximum absolute atomic E-state index is 12.0. The van der Waals surface area contributed by atoms with E-state index in [-0.39, 0.29) is 12.2 Å². The lowest BCUT2D eigenvalue weighted by Crippen LogP contribution is -2.44. The van der Waals surface area contributed by atoms with Gasteiger partial charge in [0.25, 0.3) is 0 Å². The van der Waals surface area contributed by atoms with Crippen molar-refractivity contribution in [1.29, 1.82) is 0 Å². The van der Waals surface area contributed by atoms with Crippen molar-refractivity contribution in [3.63, 3.8) is 0 Å². The van der Waals surface area contributed by atoms with Gasteiger partial charge in [0.2, 0.25) is 0 Å². The number of ether oxygens (including phenoxy) is 2. The Morgan fingerprint density at radius 1 is 1.63 bits per heavy atom. The lowest BCUT2D eigenvalue weighted by Gasteiger charge is -2.33. The molecule has 5 nitrogen and oxygen atoms in total. The third kappa shape index (κ3) is 4.15. The molecule has 0 N–H and O–H groups in total. The number of hydrogen-bond acceptors (Lipinski definition) is 5. The quantitative estimate of drug-likeness (QED) is 0.781. The fraction of sp³-hybridized carbons (Fsp3) is 0.667. The molecule has 1 aliphatic heterocycles. The van der Waals surface area contributed by atoms with E-state index in [2.05, 4.69) is 20.9 Å². The standard InChI is InChI=1S/C12H17BrN2O3S/c1-12(2,3)18-11(16)15-4-5-17-8(6-15)10-14-9(13)7-19-10/h7-8H,4-6H2,1-3H3. The number of carbonyl (C=O) groups is 1. The summed E-state index contributed by atoms with van der Waals surface area (Å²) in [5, 5.41) is 2.78. The van der Waals surface area contributed by atoms with E-state index < -0.39 is 5.60 Å². The maximum Gasteiger partial charge on any atom is 0.410 e. The number of nitrogens with zero attached hydrogens (tertiary/aromatic N) is 2. The average molecular weight is 349 g/mol. The molecule has 0 aliphatic carbocycles. The number of rotatable bonds is 1. The lowest BCUT2D eigenvalue weighted by molar-refractivity contribution is -0.0433. The first kappa shape index (κ1) is 14.7. The van der Waals surface area contributed by atoms with Gasteiger partial charge in [0.15, 0.2) is 0 Å². The van der Waals surface area contributed by atoms with Crippen molar-refractivity contribution in [2.75, 3.05) is 19.7 Å². The van der Waals surface area contributed by atoms with Crippen molar-refractivity contribution in [1.82, 2.24) is 9.88 Å². The number of halogens is 1. The van der Waals surface area contributed by atoms with E-state index in [0.29, 0.717) is 19.7 Å². The Morgan fingerprint density at radius 3 is 2.95 bits per heavy atom. The molecule has 1 amide bonds. The summed E-state index contributed by atoms with van der Waals surface area (Å²) in [7, 11) is 0. The number of carbonyl (C=O) groups excluding carboxylic acids is 1. The Labute approximate surface area is 125 Å². The van der Waals surface area contributed by atoms with Gasteiger partial charge in [0.05, 0.1) is 13.2 Å².